The molecule has 3 heterocycles. The van der Waals surface area contributed by atoms with Crippen molar-refractivity contribution in [2.75, 3.05) is 32.2 Å². The van der Waals surface area contributed by atoms with E-state index in [4.69, 9.17) is 9.47 Å². The summed E-state index contributed by atoms with van der Waals surface area (Å²) in [6, 6.07) is 9.10. The number of ether oxygens (including phenoxy) is 2. The molecule has 152 valence electrons. The van der Waals surface area contributed by atoms with Crippen molar-refractivity contribution in [2.45, 2.75) is 19.4 Å². The van der Waals surface area contributed by atoms with Crippen molar-refractivity contribution in [3.8, 4) is 16.6 Å². The van der Waals surface area contributed by atoms with Crippen LogP contribution in [-0.4, -0.2) is 48.0 Å². The highest BCUT2D eigenvalue weighted by molar-refractivity contribution is 7.17. The van der Waals surface area contributed by atoms with E-state index in [0.717, 1.165) is 23.8 Å². The number of hydrogen-bond donors (Lipinski definition) is 1. The Bertz CT molecular complexity index is 994. The van der Waals surface area contributed by atoms with E-state index < -0.39 is 0 Å². The summed E-state index contributed by atoms with van der Waals surface area (Å²) < 4.78 is 12.4. The predicted molar refractivity (Wildman–Crippen MR) is 111 cm³/mol. The Labute approximate surface area is 173 Å². The summed E-state index contributed by atoms with van der Waals surface area (Å²) in [4.78, 5) is 15.1. The van der Waals surface area contributed by atoms with Crippen LogP contribution in [-0.2, 0) is 6.54 Å². The second kappa shape index (κ2) is 8.52. The van der Waals surface area contributed by atoms with E-state index in [-0.39, 0.29) is 5.91 Å². The molecule has 1 aliphatic rings. The number of nitrogens with zero attached hydrogens (tertiary/aromatic N) is 4. The van der Waals surface area contributed by atoms with Crippen LogP contribution in [0.4, 0.5) is 5.13 Å². The number of nitrogens with one attached hydrogen (secondary N) is 1. The van der Waals surface area contributed by atoms with Crippen LogP contribution in [0.1, 0.15) is 28.9 Å². The highest BCUT2D eigenvalue weighted by atomic mass is 32.1. The van der Waals surface area contributed by atoms with E-state index >= 15 is 0 Å². The van der Waals surface area contributed by atoms with Crippen molar-refractivity contribution in [1.29, 1.82) is 0 Å². The second-order valence-corrected chi connectivity index (χ2v) is 7.62. The van der Waals surface area contributed by atoms with Gasteiger partial charge in [-0.25, -0.2) is 0 Å². The van der Waals surface area contributed by atoms with Crippen LogP contribution >= 0.6 is 11.3 Å². The number of aromatic nitrogens is 3. The van der Waals surface area contributed by atoms with Crippen LogP contribution in [0.3, 0.4) is 0 Å². The number of carbonyl (C=O) groups excluding carboxylic acids is 1. The molecule has 4 rings (SSSR count). The molecule has 2 aromatic heterocycles. The number of amides is 1. The maximum Gasteiger partial charge on any atom is 0.268 e. The molecule has 1 saturated heterocycles. The third kappa shape index (κ3) is 4.04. The third-order valence-electron chi connectivity index (χ3n) is 4.89. The predicted octanol–water partition coefficient (Wildman–Crippen LogP) is 2.88. The molecule has 29 heavy (non-hydrogen) atoms. The quantitative estimate of drug-likeness (QED) is 0.641. The fourth-order valence-corrected chi connectivity index (χ4v) is 4.26. The van der Waals surface area contributed by atoms with Crippen molar-refractivity contribution in [3.63, 3.8) is 0 Å². The van der Waals surface area contributed by atoms with Gasteiger partial charge in [-0.3, -0.25) is 9.36 Å². The van der Waals surface area contributed by atoms with E-state index in [9.17, 15) is 4.79 Å². The van der Waals surface area contributed by atoms with E-state index in [1.54, 1.807) is 24.9 Å². The van der Waals surface area contributed by atoms with Crippen molar-refractivity contribution < 1.29 is 14.3 Å². The summed E-state index contributed by atoms with van der Waals surface area (Å²) in [7, 11) is 3.21. The first-order valence-corrected chi connectivity index (χ1v) is 10.3. The van der Waals surface area contributed by atoms with Gasteiger partial charge in [-0.1, -0.05) is 11.3 Å². The lowest BCUT2D eigenvalue weighted by Gasteiger charge is -2.12. The van der Waals surface area contributed by atoms with Crippen molar-refractivity contribution in [3.05, 3.63) is 47.8 Å². The van der Waals surface area contributed by atoms with Crippen LogP contribution in [0.5, 0.6) is 11.5 Å². The molecule has 0 bridgehead atoms. The Morgan fingerprint density at radius 1 is 1.14 bits per heavy atom. The van der Waals surface area contributed by atoms with Gasteiger partial charge in [-0.2, -0.15) is 0 Å². The minimum absolute atomic E-state index is 0.196. The smallest absolute Gasteiger partial charge is 0.268 e. The number of carbonyl (C=O) groups is 1. The van der Waals surface area contributed by atoms with E-state index in [1.165, 1.54) is 24.2 Å². The van der Waals surface area contributed by atoms with Crippen molar-refractivity contribution in [1.82, 2.24) is 20.1 Å². The molecular weight excluding hydrogens is 390 g/mol. The summed E-state index contributed by atoms with van der Waals surface area (Å²) in [5.74, 6) is 1.21. The largest absolute Gasteiger partial charge is 0.497 e. The number of rotatable bonds is 7. The molecule has 9 heteroatoms. The monoisotopic (exact) mass is 413 g/mol. The van der Waals surface area contributed by atoms with E-state index in [2.05, 4.69) is 20.4 Å². The maximum absolute atomic E-state index is 12.8. The molecule has 1 aromatic carbocycles. The summed E-state index contributed by atoms with van der Waals surface area (Å²) in [6.45, 7) is 2.34. The number of anilines is 1. The van der Waals surface area contributed by atoms with Crippen molar-refractivity contribution in [2.24, 2.45) is 0 Å². The molecule has 1 amide bonds. The standard InChI is InChI=1S/C20H23N5O3S/c1-27-15-7-8-17(28-2)14(12-15)13-21-18(26)16-6-5-11-25(16)20-23-22-19(29-20)24-9-3-4-10-24/h5-8,11-12H,3-4,9-10,13H2,1-2H3,(H,21,26). The lowest BCUT2D eigenvalue weighted by atomic mass is 10.2. The molecule has 0 radical (unpaired) electrons. The maximum atomic E-state index is 12.8. The highest BCUT2D eigenvalue weighted by Crippen LogP contribution is 2.27. The van der Waals surface area contributed by atoms with Gasteiger partial charge in [0.2, 0.25) is 10.3 Å². The van der Waals surface area contributed by atoms with Gasteiger partial charge in [0.1, 0.15) is 17.2 Å². The summed E-state index contributed by atoms with van der Waals surface area (Å²) in [5, 5.41) is 13.1. The molecule has 8 nitrogen and oxygen atoms in total. The third-order valence-corrected chi connectivity index (χ3v) is 5.88. The number of methoxy groups -OCH3 is 2. The Hall–Kier alpha value is -3.07. The number of benzene rings is 1. The van der Waals surface area contributed by atoms with Gasteiger partial charge in [0.15, 0.2) is 0 Å². The molecule has 1 fully saturated rings. The molecule has 3 aromatic rings. The Morgan fingerprint density at radius 2 is 1.93 bits per heavy atom. The van der Waals surface area contributed by atoms with Crippen LogP contribution in [0, 0.1) is 0 Å². The molecule has 0 saturated carbocycles. The zero-order chi connectivity index (χ0) is 20.2. The van der Waals surface area contributed by atoms with Gasteiger partial charge < -0.3 is 19.7 Å². The zero-order valence-electron chi connectivity index (χ0n) is 16.4. The summed E-state index contributed by atoms with van der Waals surface area (Å²) in [5.41, 5.74) is 1.35. The van der Waals surface area contributed by atoms with Crippen LogP contribution in [0.2, 0.25) is 0 Å². The topological polar surface area (TPSA) is 81.5 Å². The second-order valence-electron chi connectivity index (χ2n) is 6.69. The first-order valence-electron chi connectivity index (χ1n) is 9.45. The van der Waals surface area contributed by atoms with Crippen LogP contribution in [0.25, 0.3) is 5.13 Å². The van der Waals surface area contributed by atoms with Gasteiger partial charge in [0.25, 0.3) is 5.91 Å². The van der Waals surface area contributed by atoms with Gasteiger partial charge >= 0.3 is 0 Å². The average Bonchev–Trinajstić information content (AvgIpc) is 3.51. The summed E-state index contributed by atoms with van der Waals surface area (Å²) >= 11 is 1.50. The van der Waals surface area contributed by atoms with Gasteiger partial charge in [0, 0.05) is 31.4 Å². The Morgan fingerprint density at radius 3 is 2.69 bits per heavy atom. The van der Waals surface area contributed by atoms with E-state index in [1.807, 2.05) is 30.5 Å². The van der Waals surface area contributed by atoms with Gasteiger partial charge in [-0.05, 0) is 43.2 Å². The zero-order valence-corrected chi connectivity index (χ0v) is 17.2. The highest BCUT2D eigenvalue weighted by Gasteiger charge is 2.20. The Balaban J connectivity index is 1.49. The first-order chi connectivity index (χ1) is 14.2. The molecule has 0 atom stereocenters. The fraction of sp³-hybridized carbons (Fsp3) is 0.350. The minimum Gasteiger partial charge on any atom is -0.497 e. The molecular formula is C20H23N5O3S. The van der Waals surface area contributed by atoms with Gasteiger partial charge in [-0.15, -0.1) is 10.2 Å². The number of hydrogen-bond acceptors (Lipinski definition) is 7. The molecule has 1 N–H and O–H groups in total. The van der Waals surface area contributed by atoms with E-state index in [0.29, 0.717) is 28.9 Å². The molecule has 1 aliphatic heterocycles. The normalized spacial score (nSPS) is 13.5. The fourth-order valence-electron chi connectivity index (χ4n) is 3.36. The molecule has 0 aliphatic carbocycles. The molecule has 0 spiro atoms. The lowest BCUT2D eigenvalue weighted by molar-refractivity contribution is 0.0944. The first kappa shape index (κ1) is 19.3. The average molecular weight is 414 g/mol. The van der Waals surface area contributed by atoms with Crippen LogP contribution in [0.15, 0.2) is 36.5 Å². The summed E-state index contributed by atoms with van der Waals surface area (Å²) in [6.07, 6.45) is 4.19. The molecule has 0 unspecified atom stereocenters. The minimum atomic E-state index is -0.196. The lowest BCUT2D eigenvalue weighted by Crippen LogP contribution is -2.25. The van der Waals surface area contributed by atoms with Crippen LogP contribution < -0.4 is 19.7 Å². The SMILES string of the molecule is COc1ccc(OC)c(CNC(=O)c2cccn2-c2nnc(N3CCCC3)s2)c1. The van der Waals surface area contributed by atoms with Gasteiger partial charge in [0.05, 0.1) is 14.2 Å². The van der Waals surface area contributed by atoms with Crippen molar-refractivity contribution >= 4 is 22.4 Å². The Kier molecular flexibility index (Phi) is 5.66.